The first-order chi connectivity index (χ1) is 15.1. The second-order valence-electron chi connectivity index (χ2n) is 6.09. The highest BCUT2D eigenvalue weighted by atomic mass is 35.5. The van der Waals surface area contributed by atoms with Gasteiger partial charge in [0.25, 0.3) is 5.91 Å². The van der Waals surface area contributed by atoms with Crippen LogP contribution >= 0.6 is 11.6 Å². The molecule has 1 amide bonds. The van der Waals surface area contributed by atoms with Gasteiger partial charge in [-0.05, 0) is 30.7 Å². The number of nitrogens with one attached hydrogen (secondary N) is 1. The summed E-state index contributed by atoms with van der Waals surface area (Å²) >= 11 is 5.69. The first-order valence-electron chi connectivity index (χ1n) is 11.1. The smallest absolute Gasteiger partial charge is 0.253 e. The topological polar surface area (TPSA) is 58.1 Å². The Labute approximate surface area is 170 Å². The zero-order valence-electron chi connectivity index (χ0n) is 20.4. The molecular formula is C19H21ClF2N4O. The molecule has 0 saturated carbocycles. The standard InChI is InChI=1S/C19H21ClF2N4O/c1-13-9-24-17(25-10-13)11-23-12-19(22)4-6-26(7-5-19)18(27)14-2-3-16(21)15(20)8-14/h2-3,8-10,23H,4-7,11-12H2,1H3/i6D2,11D2,12D2. The number of aromatic nitrogens is 2. The molecule has 1 saturated heterocycles. The van der Waals surface area contributed by atoms with E-state index in [1.165, 1.54) is 12.4 Å². The summed E-state index contributed by atoms with van der Waals surface area (Å²) in [5.41, 5.74) is -2.34. The lowest BCUT2D eigenvalue weighted by Gasteiger charge is -2.36. The average Bonchev–Trinajstić information content (AvgIpc) is 2.68. The molecule has 2 aromatic rings. The third kappa shape index (κ3) is 4.99. The molecule has 1 aliphatic heterocycles. The Balaban J connectivity index is 1.81. The van der Waals surface area contributed by atoms with Crippen molar-refractivity contribution in [1.29, 1.82) is 0 Å². The maximum atomic E-state index is 15.8. The van der Waals surface area contributed by atoms with Gasteiger partial charge in [0.2, 0.25) is 0 Å². The first kappa shape index (κ1) is 13.1. The Hall–Kier alpha value is -2.12. The fourth-order valence-corrected chi connectivity index (χ4v) is 2.58. The van der Waals surface area contributed by atoms with Crippen molar-refractivity contribution < 1.29 is 21.8 Å². The van der Waals surface area contributed by atoms with Crippen LogP contribution in [0.4, 0.5) is 8.78 Å². The van der Waals surface area contributed by atoms with Crippen LogP contribution in [0.2, 0.25) is 5.02 Å². The highest BCUT2D eigenvalue weighted by Gasteiger charge is 2.36. The predicted octanol–water partition coefficient (Wildman–Crippen LogP) is 3.31. The zero-order valence-corrected chi connectivity index (χ0v) is 15.1. The number of aryl methyl sites for hydroxylation is 1. The number of carbonyl (C=O) groups excluding carboxylic acids is 1. The molecule has 0 radical (unpaired) electrons. The van der Waals surface area contributed by atoms with Crippen molar-refractivity contribution in [3.05, 3.63) is 58.4 Å². The fourth-order valence-electron chi connectivity index (χ4n) is 2.40. The van der Waals surface area contributed by atoms with Gasteiger partial charge in [-0.15, -0.1) is 0 Å². The van der Waals surface area contributed by atoms with E-state index >= 15 is 4.39 Å². The number of carbonyl (C=O) groups is 1. The molecule has 0 bridgehead atoms. The largest absolute Gasteiger partial charge is 0.338 e. The van der Waals surface area contributed by atoms with E-state index in [0.717, 1.165) is 23.1 Å². The van der Waals surface area contributed by atoms with E-state index in [1.807, 2.05) is 5.32 Å². The molecule has 144 valence electrons. The molecule has 0 spiro atoms. The normalized spacial score (nSPS) is 26.1. The molecule has 1 unspecified atom stereocenters. The Morgan fingerprint density at radius 3 is 2.85 bits per heavy atom. The molecule has 27 heavy (non-hydrogen) atoms. The molecule has 2 heterocycles. The summed E-state index contributed by atoms with van der Waals surface area (Å²) in [4.78, 5) is 21.1. The molecule has 1 N–H and O–H groups in total. The van der Waals surface area contributed by atoms with Crippen LogP contribution < -0.4 is 5.32 Å². The van der Waals surface area contributed by atoms with Crippen LogP contribution in [0.1, 0.15) is 42.8 Å². The molecule has 0 aliphatic carbocycles. The lowest BCUT2D eigenvalue weighted by molar-refractivity contribution is 0.0434. The van der Waals surface area contributed by atoms with Crippen LogP contribution in [0, 0.1) is 12.7 Å². The number of halogens is 3. The van der Waals surface area contributed by atoms with E-state index in [1.54, 1.807) is 6.92 Å². The van der Waals surface area contributed by atoms with Gasteiger partial charge in [0.05, 0.1) is 14.3 Å². The molecule has 1 fully saturated rings. The highest BCUT2D eigenvalue weighted by molar-refractivity contribution is 6.31. The summed E-state index contributed by atoms with van der Waals surface area (Å²) in [6.45, 7) is -7.18. The van der Waals surface area contributed by atoms with Gasteiger partial charge in [-0.25, -0.2) is 18.7 Å². The minimum Gasteiger partial charge on any atom is -0.338 e. The van der Waals surface area contributed by atoms with Crippen LogP contribution in [0.15, 0.2) is 30.6 Å². The van der Waals surface area contributed by atoms with Crippen LogP contribution in [0.3, 0.4) is 0 Å². The predicted molar refractivity (Wildman–Crippen MR) is 98.9 cm³/mol. The number of piperidine rings is 1. The van der Waals surface area contributed by atoms with Crippen molar-refractivity contribution in [2.75, 3.05) is 19.5 Å². The molecule has 1 aromatic carbocycles. The van der Waals surface area contributed by atoms with Crippen molar-refractivity contribution in [2.45, 2.75) is 31.9 Å². The maximum Gasteiger partial charge on any atom is 0.253 e. The third-order valence-corrected chi connectivity index (χ3v) is 4.22. The zero-order chi connectivity index (χ0) is 24.8. The molecule has 1 aliphatic rings. The minimum atomic E-state index is -3.05. The van der Waals surface area contributed by atoms with Gasteiger partial charge in [0.15, 0.2) is 0 Å². The van der Waals surface area contributed by atoms with Crippen LogP contribution in [0.5, 0.6) is 0 Å². The van der Waals surface area contributed by atoms with E-state index in [0.29, 0.717) is 5.56 Å². The van der Waals surface area contributed by atoms with Crippen molar-refractivity contribution in [3.8, 4) is 0 Å². The lowest BCUT2D eigenvalue weighted by atomic mass is 9.92. The molecular weight excluding hydrogens is 374 g/mol. The van der Waals surface area contributed by atoms with E-state index in [2.05, 4.69) is 9.97 Å². The fraction of sp³-hybridized carbons (Fsp3) is 0.421. The number of hydrogen-bond acceptors (Lipinski definition) is 4. The molecule has 1 atom stereocenters. The summed E-state index contributed by atoms with van der Waals surface area (Å²) in [6, 6.07) is 3.10. The minimum absolute atomic E-state index is 0.106. The molecule has 5 nitrogen and oxygen atoms in total. The van der Waals surface area contributed by atoms with Crippen molar-refractivity contribution in [1.82, 2.24) is 20.2 Å². The summed E-state index contributed by atoms with van der Waals surface area (Å²) < 4.78 is 78.2. The van der Waals surface area contributed by atoms with Gasteiger partial charge in [0.1, 0.15) is 17.3 Å². The van der Waals surface area contributed by atoms with Crippen LogP contribution in [-0.4, -0.2) is 46.0 Å². The maximum absolute atomic E-state index is 15.8. The van der Waals surface area contributed by atoms with Gasteiger partial charge in [-0.2, -0.15) is 0 Å². The van der Waals surface area contributed by atoms with E-state index < -0.39 is 62.1 Å². The van der Waals surface area contributed by atoms with Crippen LogP contribution in [0.25, 0.3) is 0 Å². The quantitative estimate of drug-likeness (QED) is 0.836. The number of hydrogen-bond donors (Lipinski definition) is 1. The van der Waals surface area contributed by atoms with Gasteiger partial charge in [-0.3, -0.25) is 4.79 Å². The number of alkyl halides is 1. The number of nitrogens with zero attached hydrogens (tertiary/aromatic N) is 3. The summed E-state index contributed by atoms with van der Waals surface area (Å²) in [6.07, 6.45) is 0.948. The number of benzene rings is 1. The number of rotatable bonds is 5. The summed E-state index contributed by atoms with van der Waals surface area (Å²) in [5, 5.41) is 1.61. The molecule has 1 aromatic heterocycles. The van der Waals surface area contributed by atoms with Crippen LogP contribution in [-0.2, 0) is 6.50 Å². The second kappa shape index (κ2) is 8.27. The lowest BCUT2D eigenvalue weighted by Crippen LogP contribution is -2.48. The van der Waals surface area contributed by atoms with Gasteiger partial charge >= 0.3 is 0 Å². The SMILES string of the molecule is [2H]C([2H])(NC([2H])([2H])C1(F)CCN(C(=O)c2ccc(F)c(Cl)c2)C([2H])([2H])C1)c1ncc(C)cn1. The van der Waals surface area contributed by atoms with Crippen molar-refractivity contribution >= 4 is 17.5 Å². The van der Waals surface area contributed by atoms with E-state index in [9.17, 15) is 9.18 Å². The summed E-state index contributed by atoms with van der Waals surface area (Å²) in [7, 11) is 0. The highest BCUT2D eigenvalue weighted by Crippen LogP contribution is 2.27. The monoisotopic (exact) mass is 400 g/mol. The second-order valence-corrected chi connectivity index (χ2v) is 6.50. The van der Waals surface area contributed by atoms with E-state index in [-0.39, 0.29) is 10.6 Å². The molecule has 3 rings (SSSR count). The summed E-state index contributed by atoms with van der Waals surface area (Å²) in [5.74, 6) is -2.03. The first-order valence-corrected chi connectivity index (χ1v) is 8.50. The van der Waals surface area contributed by atoms with Gasteiger partial charge < -0.3 is 10.2 Å². The Bertz CT molecular complexity index is 1060. The van der Waals surface area contributed by atoms with Crippen molar-refractivity contribution in [3.63, 3.8) is 0 Å². The number of amides is 1. The number of likely N-dealkylation sites (tertiary alicyclic amines) is 1. The van der Waals surface area contributed by atoms with E-state index in [4.69, 9.17) is 19.8 Å². The molecule has 8 heteroatoms. The Morgan fingerprint density at radius 2 is 2.19 bits per heavy atom. The van der Waals surface area contributed by atoms with Gasteiger partial charge in [0, 0.05) is 55.8 Å². The third-order valence-electron chi connectivity index (χ3n) is 3.94. The Morgan fingerprint density at radius 1 is 1.44 bits per heavy atom. The van der Waals surface area contributed by atoms with Crippen molar-refractivity contribution in [2.24, 2.45) is 0 Å². The Kier molecular flexibility index (Phi) is 4.02. The average molecular weight is 401 g/mol. The van der Waals surface area contributed by atoms with Gasteiger partial charge in [-0.1, -0.05) is 11.6 Å².